The van der Waals surface area contributed by atoms with E-state index in [1.54, 1.807) is 6.21 Å². The number of hydrazone groups is 1. The third-order valence-electron chi connectivity index (χ3n) is 4.77. The van der Waals surface area contributed by atoms with Crippen molar-refractivity contribution in [2.24, 2.45) is 5.10 Å². The molecular weight excluding hydrogens is 376 g/mol. The third kappa shape index (κ3) is 8.53. The van der Waals surface area contributed by atoms with Crippen molar-refractivity contribution >= 4 is 12.0 Å². The van der Waals surface area contributed by atoms with E-state index in [9.17, 15) is 0 Å². The van der Waals surface area contributed by atoms with Crippen LogP contribution >= 0.6 is 0 Å². The number of allylic oxidation sites excluding steroid dienone is 2. The second kappa shape index (κ2) is 13.7. The van der Waals surface area contributed by atoms with Gasteiger partial charge in [-0.15, -0.1) is 0 Å². The van der Waals surface area contributed by atoms with Gasteiger partial charge in [-0.25, -0.2) is 0 Å². The number of hydrogen-bond acceptors (Lipinski definition) is 7. The van der Waals surface area contributed by atoms with Crippen molar-refractivity contribution < 1.29 is 4.74 Å². The second-order valence-electron chi connectivity index (χ2n) is 7.57. The number of nitrogens with one attached hydrogen (secondary N) is 2. The summed E-state index contributed by atoms with van der Waals surface area (Å²) in [6, 6.07) is 2.61. The van der Waals surface area contributed by atoms with Gasteiger partial charge >= 0.3 is 6.01 Å². The maximum atomic E-state index is 5.82. The first-order chi connectivity index (χ1) is 14.7. The maximum absolute atomic E-state index is 5.82. The van der Waals surface area contributed by atoms with Crippen LogP contribution in [0.1, 0.15) is 59.1 Å². The molecule has 0 fully saturated rings. The van der Waals surface area contributed by atoms with Gasteiger partial charge in [-0.2, -0.15) is 15.1 Å². The molecule has 30 heavy (non-hydrogen) atoms. The van der Waals surface area contributed by atoms with E-state index in [1.807, 2.05) is 6.07 Å². The van der Waals surface area contributed by atoms with Gasteiger partial charge in [0.2, 0.25) is 0 Å². The smallest absolute Gasteiger partial charge is 0.319 e. The van der Waals surface area contributed by atoms with Crippen molar-refractivity contribution in [2.75, 3.05) is 37.7 Å². The highest BCUT2D eigenvalue weighted by Crippen LogP contribution is 2.17. The van der Waals surface area contributed by atoms with Crippen molar-refractivity contribution in [1.82, 2.24) is 20.7 Å². The Morgan fingerprint density at radius 2 is 2.10 bits per heavy atom. The number of hydrogen-bond donors (Lipinski definition) is 2. The van der Waals surface area contributed by atoms with Crippen LogP contribution in [0.15, 0.2) is 35.0 Å². The summed E-state index contributed by atoms with van der Waals surface area (Å²) in [5.41, 5.74) is 5.30. The predicted molar refractivity (Wildman–Crippen MR) is 126 cm³/mol. The summed E-state index contributed by atoms with van der Waals surface area (Å²) < 4.78 is 5.82. The van der Waals surface area contributed by atoms with Crippen LogP contribution in [0.4, 0.5) is 5.82 Å². The van der Waals surface area contributed by atoms with E-state index in [-0.39, 0.29) is 6.04 Å². The van der Waals surface area contributed by atoms with Crippen molar-refractivity contribution in [3.05, 3.63) is 35.6 Å². The molecule has 0 aromatic carbocycles. The third-order valence-corrected chi connectivity index (χ3v) is 4.77. The molecule has 0 amide bonds. The summed E-state index contributed by atoms with van der Waals surface area (Å²) in [5.74, 6) is 0.900. The fourth-order valence-electron chi connectivity index (χ4n) is 3.20. The number of ether oxygens (including phenoxy) is 1. The Balaban J connectivity index is 2.13. The SMILES string of the molecule is CCCCN(CCC)c1cc(/C=N/NC2C=CC=C(C)C2)nc(OCCNCC)n1. The molecule has 7 nitrogen and oxygen atoms in total. The largest absolute Gasteiger partial charge is 0.462 e. The average Bonchev–Trinajstić information content (AvgIpc) is 2.74. The minimum Gasteiger partial charge on any atom is -0.462 e. The van der Waals surface area contributed by atoms with Crippen LogP contribution < -0.4 is 20.4 Å². The molecule has 1 atom stereocenters. The first-order valence-electron chi connectivity index (χ1n) is 11.3. The van der Waals surface area contributed by atoms with E-state index in [0.29, 0.717) is 12.6 Å². The monoisotopic (exact) mass is 414 g/mol. The summed E-state index contributed by atoms with van der Waals surface area (Å²) in [4.78, 5) is 11.5. The van der Waals surface area contributed by atoms with Gasteiger partial charge in [0.1, 0.15) is 12.4 Å². The standard InChI is InChI=1S/C23H38N6O/c1-5-8-14-29(13-6-2)22-17-21(26-23(27-22)30-15-12-24-7-3)18-25-28-20-11-9-10-19(4)16-20/h9-11,17-18,20,24,28H,5-8,12-16H2,1-4H3/b25-18+. The summed E-state index contributed by atoms with van der Waals surface area (Å²) in [6.45, 7) is 12.8. The minimum absolute atomic E-state index is 0.213. The van der Waals surface area contributed by atoms with Gasteiger partial charge in [0, 0.05) is 25.7 Å². The quantitative estimate of drug-likeness (QED) is 0.275. The number of anilines is 1. The molecule has 1 unspecified atom stereocenters. The molecule has 1 aromatic heterocycles. The topological polar surface area (TPSA) is 74.7 Å². The van der Waals surface area contributed by atoms with E-state index in [2.05, 4.69) is 76.6 Å². The van der Waals surface area contributed by atoms with Crippen molar-refractivity contribution in [3.63, 3.8) is 0 Å². The molecule has 2 rings (SSSR count). The Morgan fingerprint density at radius 1 is 1.23 bits per heavy atom. The van der Waals surface area contributed by atoms with Crippen LogP contribution in [0.2, 0.25) is 0 Å². The summed E-state index contributed by atoms with van der Waals surface area (Å²) >= 11 is 0. The van der Waals surface area contributed by atoms with Gasteiger partial charge < -0.3 is 20.4 Å². The van der Waals surface area contributed by atoms with Crippen LogP contribution in [0, 0.1) is 0 Å². The van der Waals surface area contributed by atoms with Crippen LogP contribution in [0.3, 0.4) is 0 Å². The Bertz CT molecular complexity index is 716. The number of likely N-dealkylation sites (N-methyl/N-ethyl adjacent to an activating group) is 1. The highest BCUT2D eigenvalue weighted by molar-refractivity contribution is 5.78. The average molecular weight is 415 g/mol. The lowest BCUT2D eigenvalue weighted by Gasteiger charge is -2.23. The van der Waals surface area contributed by atoms with E-state index in [4.69, 9.17) is 4.74 Å². The molecule has 0 spiro atoms. The van der Waals surface area contributed by atoms with Gasteiger partial charge in [-0.05, 0) is 32.7 Å². The van der Waals surface area contributed by atoms with Crippen LogP contribution in [0.5, 0.6) is 6.01 Å². The van der Waals surface area contributed by atoms with E-state index < -0.39 is 0 Å². The Morgan fingerprint density at radius 3 is 2.83 bits per heavy atom. The molecule has 1 aliphatic rings. The molecule has 1 aromatic rings. The lowest BCUT2D eigenvalue weighted by Crippen LogP contribution is -2.27. The summed E-state index contributed by atoms with van der Waals surface area (Å²) in [7, 11) is 0. The number of aromatic nitrogens is 2. The number of nitrogens with zero attached hydrogens (tertiary/aromatic N) is 4. The molecular formula is C23H38N6O. The molecule has 0 radical (unpaired) electrons. The number of rotatable bonds is 14. The zero-order chi connectivity index (χ0) is 21.6. The van der Waals surface area contributed by atoms with Crippen LogP contribution in [0.25, 0.3) is 0 Å². The fraction of sp³-hybridized carbons (Fsp3) is 0.609. The highest BCUT2D eigenvalue weighted by Gasteiger charge is 2.12. The van der Waals surface area contributed by atoms with Crippen LogP contribution in [-0.2, 0) is 0 Å². The van der Waals surface area contributed by atoms with Gasteiger partial charge in [-0.3, -0.25) is 0 Å². The lowest BCUT2D eigenvalue weighted by molar-refractivity contribution is 0.291. The molecule has 0 bridgehead atoms. The Labute approximate surface area is 181 Å². The summed E-state index contributed by atoms with van der Waals surface area (Å²) in [5, 5.41) is 7.68. The second-order valence-corrected chi connectivity index (χ2v) is 7.57. The molecule has 1 heterocycles. The van der Waals surface area contributed by atoms with Gasteiger partial charge in [0.15, 0.2) is 0 Å². The first-order valence-corrected chi connectivity index (χ1v) is 11.3. The van der Waals surface area contributed by atoms with Crippen molar-refractivity contribution in [1.29, 1.82) is 0 Å². The van der Waals surface area contributed by atoms with Gasteiger partial charge in [0.25, 0.3) is 0 Å². The van der Waals surface area contributed by atoms with Crippen molar-refractivity contribution in [3.8, 4) is 6.01 Å². The molecule has 0 saturated heterocycles. The normalized spacial score (nSPS) is 16.0. The lowest BCUT2D eigenvalue weighted by atomic mass is 10.0. The molecule has 166 valence electrons. The van der Waals surface area contributed by atoms with E-state index in [0.717, 1.165) is 63.4 Å². The molecule has 0 saturated carbocycles. The molecule has 0 aliphatic heterocycles. The predicted octanol–water partition coefficient (Wildman–Crippen LogP) is 3.68. The fourth-order valence-corrected chi connectivity index (χ4v) is 3.20. The Hall–Kier alpha value is -2.41. The van der Waals surface area contributed by atoms with E-state index >= 15 is 0 Å². The zero-order valence-electron chi connectivity index (χ0n) is 19.0. The summed E-state index contributed by atoms with van der Waals surface area (Å²) in [6.07, 6.45) is 12.4. The highest BCUT2D eigenvalue weighted by atomic mass is 16.5. The number of unbranched alkanes of at least 4 members (excludes halogenated alkanes) is 1. The minimum atomic E-state index is 0.213. The zero-order valence-corrected chi connectivity index (χ0v) is 19.0. The van der Waals surface area contributed by atoms with Crippen molar-refractivity contribution in [2.45, 2.75) is 59.4 Å². The Kier molecular flexibility index (Phi) is 10.9. The van der Waals surface area contributed by atoms with Gasteiger partial charge in [-0.1, -0.05) is 51.0 Å². The van der Waals surface area contributed by atoms with Gasteiger partial charge in [0.05, 0.1) is 18.0 Å². The molecule has 1 aliphatic carbocycles. The molecule has 7 heteroatoms. The van der Waals surface area contributed by atoms with Crippen LogP contribution in [-0.4, -0.2) is 55.0 Å². The molecule has 2 N–H and O–H groups in total. The maximum Gasteiger partial charge on any atom is 0.319 e. The van der Waals surface area contributed by atoms with E-state index in [1.165, 1.54) is 5.57 Å². The first kappa shape index (κ1) is 23.9.